The minimum absolute atomic E-state index is 0.0658. The van der Waals surface area contributed by atoms with Crippen LogP contribution in [0.25, 0.3) is 10.9 Å². The van der Waals surface area contributed by atoms with Gasteiger partial charge in [-0.15, -0.1) is 0 Å². The van der Waals surface area contributed by atoms with E-state index < -0.39 is 10.0 Å². The first-order valence-corrected chi connectivity index (χ1v) is 11.4. The molecule has 1 saturated heterocycles. The third-order valence-corrected chi connectivity index (χ3v) is 7.04. The fourth-order valence-corrected chi connectivity index (χ4v) is 4.74. The van der Waals surface area contributed by atoms with Gasteiger partial charge in [-0.05, 0) is 44.0 Å². The average molecular weight is 425 g/mol. The molecule has 9 heteroatoms. The van der Waals surface area contributed by atoms with Crippen LogP contribution in [0.3, 0.4) is 0 Å². The Morgan fingerprint density at radius 2 is 2.14 bits per heavy atom. The number of halogens is 1. The van der Waals surface area contributed by atoms with E-state index in [1.54, 1.807) is 13.1 Å². The average Bonchev–Trinajstić information content (AvgIpc) is 2.70. The number of hydrogen-bond acceptors (Lipinski definition) is 5. The summed E-state index contributed by atoms with van der Waals surface area (Å²) in [7, 11) is -3.25. The molecule has 0 radical (unpaired) electrons. The Labute approximate surface area is 170 Å². The van der Waals surface area contributed by atoms with Gasteiger partial charge in [0, 0.05) is 48.5 Å². The molecule has 2 heterocycles. The summed E-state index contributed by atoms with van der Waals surface area (Å²) in [6.45, 7) is 3.40. The maximum Gasteiger partial charge on any atom is 0.224 e. The third kappa shape index (κ3) is 4.92. The summed E-state index contributed by atoms with van der Waals surface area (Å²) in [6, 6.07) is 7.42. The lowest BCUT2D eigenvalue weighted by Crippen LogP contribution is -2.46. The van der Waals surface area contributed by atoms with Crippen molar-refractivity contribution in [1.82, 2.24) is 14.6 Å². The summed E-state index contributed by atoms with van der Waals surface area (Å²) in [5.41, 5.74) is 1.73. The van der Waals surface area contributed by atoms with Crippen molar-refractivity contribution in [2.75, 3.05) is 37.2 Å². The summed E-state index contributed by atoms with van der Waals surface area (Å²) >= 11 is 6.01. The molecule has 1 aliphatic rings. The van der Waals surface area contributed by atoms with Gasteiger partial charge < -0.3 is 10.6 Å². The smallest absolute Gasteiger partial charge is 0.224 e. The van der Waals surface area contributed by atoms with Gasteiger partial charge >= 0.3 is 0 Å². The van der Waals surface area contributed by atoms with Crippen molar-refractivity contribution in [2.45, 2.75) is 19.8 Å². The van der Waals surface area contributed by atoms with E-state index in [1.165, 1.54) is 4.31 Å². The highest BCUT2D eigenvalue weighted by atomic mass is 35.5. The summed E-state index contributed by atoms with van der Waals surface area (Å²) in [5.74, 6) is -0.320. The fourth-order valence-electron chi connectivity index (χ4n) is 3.39. The number of benzene rings is 1. The molecule has 3 rings (SSSR count). The molecule has 1 aromatic carbocycles. The number of pyridine rings is 1. The highest BCUT2D eigenvalue weighted by Crippen LogP contribution is 2.24. The molecule has 0 aliphatic carbocycles. The molecular weight excluding hydrogens is 400 g/mol. The number of anilines is 1. The van der Waals surface area contributed by atoms with E-state index >= 15 is 0 Å². The Kier molecular flexibility index (Phi) is 6.74. The molecule has 2 N–H and O–H groups in total. The van der Waals surface area contributed by atoms with Crippen molar-refractivity contribution >= 4 is 44.1 Å². The van der Waals surface area contributed by atoms with Gasteiger partial charge in [-0.3, -0.25) is 9.78 Å². The summed E-state index contributed by atoms with van der Waals surface area (Å²) in [5, 5.41) is 7.81. The lowest BCUT2D eigenvalue weighted by molar-refractivity contribution is -0.125. The summed E-state index contributed by atoms with van der Waals surface area (Å²) < 4.78 is 25.5. The summed E-state index contributed by atoms with van der Waals surface area (Å²) in [6.07, 6.45) is 3.14. The van der Waals surface area contributed by atoms with Crippen LogP contribution < -0.4 is 10.6 Å². The Morgan fingerprint density at radius 1 is 1.32 bits per heavy atom. The molecule has 0 spiro atoms. The maximum absolute atomic E-state index is 12.4. The van der Waals surface area contributed by atoms with E-state index in [1.807, 2.05) is 24.3 Å². The second-order valence-corrected chi connectivity index (χ2v) is 9.53. The van der Waals surface area contributed by atoms with Crippen LogP contribution >= 0.6 is 11.6 Å². The second-order valence-electron chi connectivity index (χ2n) is 6.84. The number of amides is 1. The molecule has 0 saturated carbocycles. The lowest BCUT2D eigenvalue weighted by Gasteiger charge is -2.30. The molecule has 1 atom stereocenters. The van der Waals surface area contributed by atoms with Gasteiger partial charge in [-0.25, -0.2) is 12.7 Å². The van der Waals surface area contributed by atoms with Crippen LogP contribution in [0, 0.1) is 5.92 Å². The molecule has 1 aromatic heterocycles. The van der Waals surface area contributed by atoms with Crippen LogP contribution in [0.4, 0.5) is 5.69 Å². The van der Waals surface area contributed by atoms with Crippen molar-refractivity contribution in [1.29, 1.82) is 0 Å². The topological polar surface area (TPSA) is 91.4 Å². The van der Waals surface area contributed by atoms with Gasteiger partial charge in [0.25, 0.3) is 0 Å². The van der Waals surface area contributed by atoms with E-state index in [2.05, 4.69) is 15.6 Å². The van der Waals surface area contributed by atoms with Gasteiger partial charge in [0.05, 0.1) is 17.2 Å². The zero-order chi connectivity index (χ0) is 20.1. The summed E-state index contributed by atoms with van der Waals surface area (Å²) in [4.78, 5) is 16.7. The van der Waals surface area contributed by atoms with Crippen molar-refractivity contribution in [2.24, 2.45) is 5.92 Å². The van der Waals surface area contributed by atoms with E-state index in [9.17, 15) is 13.2 Å². The molecule has 1 amide bonds. The molecule has 28 heavy (non-hydrogen) atoms. The largest absolute Gasteiger partial charge is 0.383 e. The van der Waals surface area contributed by atoms with Crippen LogP contribution in [0.1, 0.15) is 19.8 Å². The minimum atomic E-state index is -3.25. The number of carbonyl (C=O) groups excluding carboxylic acids is 1. The Hall–Kier alpha value is -1.90. The van der Waals surface area contributed by atoms with Crippen LogP contribution in [-0.2, 0) is 14.8 Å². The maximum atomic E-state index is 12.4. The quantitative estimate of drug-likeness (QED) is 0.666. The number of carbonyl (C=O) groups is 1. The van der Waals surface area contributed by atoms with E-state index in [0.717, 1.165) is 16.6 Å². The van der Waals surface area contributed by atoms with Crippen molar-refractivity contribution < 1.29 is 13.2 Å². The van der Waals surface area contributed by atoms with Crippen molar-refractivity contribution in [3.05, 3.63) is 35.5 Å². The van der Waals surface area contributed by atoms with Gasteiger partial charge in [0.2, 0.25) is 15.9 Å². The van der Waals surface area contributed by atoms with E-state index in [0.29, 0.717) is 37.5 Å². The molecule has 0 bridgehead atoms. The molecule has 2 aromatic rings. The Morgan fingerprint density at radius 3 is 2.93 bits per heavy atom. The third-order valence-electron chi connectivity index (χ3n) is 4.96. The molecule has 152 valence electrons. The molecule has 7 nitrogen and oxygen atoms in total. The predicted molar refractivity (Wildman–Crippen MR) is 112 cm³/mol. The molecule has 1 fully saturated rings. The SMILES string of the molecule is CCS(=O)(=O)N1CCC[C@H](C(=O)NCCNc2ccnc3cc(Cl)ccc23)C1. The van der Waals surface area contributed by atoms with Gasteiger partial charge in [-0.2, -0.15) is 0 Å². The fraction of sp³-hybridized carbons (Fsp3) is 0.474. The minimum Gasteiger partial charge on any atom is -0.383 e. The highest BCUT2D eigenvalue weighted by Gasteiger charge is 2.31. The number of piperidine rings is 1. The van der Waals surface area contributed by atoms with Crippen LogP contribution in [-0.4, -0.2) is 55.5 Å². The zero-order valence-corrected chi connectivity index (χ0v) is 17.4. The number of hydrogen-bond donors (Lipinski definition) is 2. The first-order chi connectivity index (χ1) is 13.4. The monoisotopic (exact) mass is 424 g/mol. The van der Waals surface area contributed by atoms with Gasteiger partial charge in [-0.1, -0.05) is 11.6 Å². The van der Waals surface area contributed by atoms with Crippen LogP contribution in [0.5, 0.6) is 0 Å². The number of rotatable bonds is 7. The van der Waals surface area contributed by atoms with E-state index in [-0.39, 0.29) is 24.1 Å². The van der Waals surface area contributed by atoms with E-state index in [4.69, 9.17) is 11.6 Å². The standard InChI is InChI=1S/C19H25ClN4O3S/c1-2-28(26,27)24-11-3-4-14(13-24)19(25)23-10-9-22-17-7-8-21-18-12-15(20)5-6-16(17)18/h5-8,12,14H,2-4,9-11,13H2,1H3,(H,21,22)(H,23,25)/t14-/m0/s1. The Balaban J connectivity index is 1.51. The lowest BCUT2D eigenvalue weighted by atomic mass is 9.99. The van der Waals surface area contributed by atoms with Crippen molar-refractivity contribution in [3.8, 4) is 0 Å². The zero-order valence-electron chi connectivity index (χ0n) is 15.8. The van der Waals surface area contributed by atoms with Gasteiger partial charge in [0.15, 0.2) is 0 Å². The molecule has 0 unspecified atom stereocenters. The molecule has 1 aliphatic heterocycles. The normalized spacial score (nSPS) is 18.1. The number of nitrogens with zero attached hydrogens (tertiary/aromatic N) is 2. The highest BCUT2D eigenvalue weighted by molar-refractivity contribution is 7.89. The number of sulfonamides is 1. The number of nitrogens with one attached hydrogen (secondary N) is 2. The van der Waals surface area contributed by atoms with Gasteiger partial charge in [0.1, 0.15) is 0 Å². The molecular formula is C19H25ClN4O3S. The second kappa shape index (κ2) is 9.07. The van der Waals surface area contributed by atoms with Crippen molar-refractivity contribution in [3.63, 3.8) is 0 Å². The first kappa shape index (κ1) is 20.8. The Bertz CT molecular complexity index is 951. The number of aromatic nitrogens is 1. The number of fused-ring (bicyclic) bond motifs is 1. The predicted octanol–water partition coefficient (Wildman–Crippen LogP) is 2.48. The van der Waals surface area contributed by atoms with Crippen LogP contribution in [0.15, 0.2) is 30.5 Å². The van der Waals surface area contributed by atoms with Crippen LogP contribution in [0.2, 0.25) is 5.02 Å². The first-order valence-electron chi connectivity index (χ1n) is 9.44.